The van der Waals surface area contributed by atoms with Crippen LogP contribution in [0.5, 0.6) is 5.75 Å². The smallest absolute Gasteiger partial charge is 0.221 e. The SMILES string of the molecule is COc1ccc(-c2csc(CCNC(=O)CCn3ncc4c3c(C)nn4C)n2)cc1. The number of hydrogen-bond acceptors (Lipinski definition) is 6. The van der Waals surface area contributed by atoms with Gasteiger partial charge < -0.3 is 10.1 Å². The number of methoxy groups -OCH3 is 1. The van der Waals surface area contributed by atoms with E-state index < -0.39 is 0 Å². The summed E-state index contributed by atoms with van der Waals surface area (Å²) in [5, 5.41) is 14.8. The number of benzene rings is 1. The molecule has 0 radical (unpaired) electrons. The summed E-state index contributed by atoms with van der Waals surface area (Å²) in [6.07, 6.45) is 2.87. The third-order valence-electron chi connectivity index (χ3n) is 4.96. The van der Waals surface area contributed by atoms with Gasteiger partial charge in [-0.25, -0.2) is 4.98 Å². The minimum atomic E-state index is 0.00660. The number of amides is 1. The van der Waals surface area contributed by atoms with E-state index in [-0.39, 0.29) is 5.91 Å². The Balaban J connectivity index is 1.26. The molecule has 0 fully saturated rings. The number of hydrogen-bond donors (Lipinski definition) is 1. The van der Waals surface area contributed by atoms with Gasteiger partial charge in [-0.3, -0.25) is 14.2 Å². The molecule has 3 aromatic heterocycles. The molecule has 1 aromatic carbocycles. The van der Waals surface area contributed by atoms with E-state index in [4.69, 9.17) is 4.74 Å². The maximum atomic E-state index is 12.2. The molecule has 3 heterocycles. The number of fused-ring (bicyclic) bond motifs is 1. The molecule has 8 nitrogen and oxygen atoms in total. The molecule has 0 atom stereocenters. The van der Waals surface area contributed by atoms with Gasteiger partial charge in [0.1, 0.15) is 16.8 Å². The van der Waals surface area contributed by atoms with Crippen LogP contribution >= 0.6 is 11.3 Å². The van der Waals surface area contributed by atoms with Crippen LogP contribution in [0.4, 0.5) is 0 Å². The Kier molecular flexibility index (Phi) is 5.80. The Morgan fingerprint density at radius 2 is 2.07 bits per heavy atom. The molecule has 0 aliphatic rings. The highest BCUT2D eigenvalue weighted by molar-refractivity contribution is 7.09. The lowest BCUT2D eigenvalue weighted by molar-refractivity contribution is -0.121. The van der Waals surface area contributed by atoms with Crippen LogP contribution < -0.4 is 10.1 Å². The summed E-state index contributed by atoms with van der Waals surface area (Å²) >= 11 is 1.61. The lowest BCUT2D eigenvalue weighted by Gasteiger charge is -2.05. The fourth-order valence-corrected chi connectivity index (χ4v) is 4.21. The summed E-state index contributed by atoms with van der Waals surface area (Å²) in [4.78, 5) is 16.9. The predicted molar refractivity (Wildman–Crippen MR) is 117 cm³/mol. The van der Waals surface area contributed by atoms with Gasteiger partial charge in [0.2, 0.25) is 5.91 Å². The first-order valence-corrected chi connectivity index (χ1v) is 10.6. The molecule has 0 unspecified atom stereocenters. The predicted octanol–water partition coefficient (Wildman–Crippen LogP) is 2.96. The first kappa shape index (κ1) is 20.1. The highest BCUT2D eigenvalue weighted by Crippen LogP contribution is 2.24. The van der Waals surface area contributed by atoms with E-state index >= 15 is 0 Å². The molecule has 4 rings (SSSR count). The van der Waals surface area contributed by atoms with Crippen LogP contribution in [0.25, 0.3) is 22.3 Å². The van der Waals surface area contributed by atoms with Gasteiger partial charge >= 0.3 is 0 Å². The number of ether oxygens (including phenoxy) is 1. The second kappa shape index (κ2) is 8.66. The van der Waals surface area contributed by atoms with Gasteiger partial charge in [0.15, 0.2) is 0 Å². The van der Waals surface area contributed by atoms with Crippen molar-refractivity contribution in [3.8, 4) is 17.0 Å². The third-order valence-corrected chi connectivity index (χ3v) is 5.87. The lowest BCUT2D eigenvalue weighted by Crippen LogP contribution is -2.26. The third kappa shape index (κ3) is 4.20. The van der Waals surface area contributed by atoms with E-state index in [1.165, 1.54) is 0 Å². The Morgan fingerprint density at radius 3 is 2.83 bits per heavy atom. The number of rotatable bonds is 8. The molecule has 4 aromatic rings. The topological polar surface area (TPSA) is 86.9 Å². The van der Waals surface area contributed by atoms with Gasteiger partial charge in [0.05, 0.1) is 36.2 Å². The number of nitrogens with one attached hydrogen (secondary N) is 1. The summed E-state index contributed by atoms with van der Waals surface area (Å²) in [5.41, 5.74) is 4.88. The average Bonchev–Trinajstić information content (AvgIpc) is 3.45. The van der Waals surface area contributed by atoms with Gasteiger partial charge in [-0.1, -0.05) is 0 Å². The van der Waals surface area contributed by atoms with Gasteiger partial charge in [-0.2, -0.15) is 10.2 Å². The summed E-state index contributed by atoms with van der Waals surface area (Å²) in [6.45, 7) is 3.05. The zero-order chi connectivity index (χ0) is 21.1. The van der Waals surface area contributed by atoms with E-state index in [1.54, 1.807) is 24.6 Å². The van der Waals surface area contributed by atoms with Crippen molar-refractivity contribution in [2.45, 2.75) is 26.3 Å². The first-order chi connectivity index (χ1) is 14.5. The highest BCUT2D eigenvalue weighted by Gasteiger charge is 2.12. The molecule has 0 aliphatic heterocycles. The minimum absolute atomic E-state index is 0.00660. The molecule has 9 heteroatoms. The molecular formula is C21H24N6O2S. The van der Waals surface area contributed by atoms with Gasteiger partial charge in [0.25, 0.3) is 0 Å². The second-order valence-electron chi connectivity index (χ2n) is 7.02. The van der Waals surface area contributed by atoms with Crippen molar-refractivity contribution >= 4 is 28.3 Å². The summed E-state index contributed by atoms with van der Waals surface area (Å²) in [5.74, 6) is 0.832. The quantitative estimate of drug-likeness (QED) is 0.470. The number of nitrogens with zero attached hydrogens (tertiary/aromatic N) is 5. The van der Waals surface area contributed by atoms with Crippen LogP contribution in [0.1, 0.15) is 17.1 Å². The summed E-state index contributed by atoms with van der Waals surface area (Å²) in [6, 6.07) is 7.84. The van der Waals surface area contributed by atoms with Crippen LogP contribution in [0.15, 0.2) is 35.8 Å². The first-order valence-electron chi connectivity index (χ1n) is 9.76. The van der Waals surface area contributed by atoms with Crippen LogP contribution in [0, 0.1) is 6.92 Å². The number of thiazole rings is 1. The fourth-order valence-electron chi connectivity index (χ4n) is 3.40. The molecule has 0 bridgehead atoms. The van der Waals surface area contributed by atoms with Crippen molar-refractivity contribution in [2.24, 2.45) is 7.05 Å². The number of aryl methyl sites for hydroxylation is 3. The van der Waals surface area contributed by atoms with E-state index in [0.717, 1.165) is 38.7 Å². The van der Waals surface area contributed by atoms with Crippen molar-refractivity contribution in [1.82, 2.24) is 29.9 Å². The zero-order valence-corrected chi connectivity index (χ0v) is 18.1. The number of carbonyl (C=O) groups is 1. The average molecular weight is 425 g/mol. The van der Waals surface area contributed by atoms with E-state index in [2.05, 4.69) is 20.5 Å². The summed E-state index contributed by atoms with van der Waals surface area (Å²) < 4.78 is 8.84. The van der Waals surface area contributed by atoms with Crippen LogP contribution in [-0.4, -0.2) is 44.1 Å². The fraction of sp³-hybridized carbons (Fsp3) is 0.333. The maximum absolute atomic E-state index is 12.2. The second-order valence-corrected chi connectivity index (χ2v) is 7.96. The Hall–Kier alpha value is -3.20. The van der Waals surface area contributed by atoms with Crippen molar-refractivity contribution in [2.75, 3.05) is 13.7 Å². The van der Waals surface area contributed by atoms with E-state index in [0.29, 0.717) is 25.9 Å². The normalized spacial score (nSPS) is 11.2. The maximum Gasteiger partial charge on any atom is 0.221 e. The molecule has 0 saturated carbocycles. The zero-order valence-electron chi connectivity index (χ0n) is 17.3. The lowest BCUT2D eigenvalue weighted by atomic mass is 10.2. The Morgan fingerprint density at radius 1 is 1.27 bits per heavy atom. The van der Waals surface area contributed by atoms with E-state index in [9.17, 15) is 4.79 Å². The summed E-state index contributed by atoms with van der Waals surface area (Å²) in [7, 11) is 3.55. The molecule has 0 spiro atoms. The minimum Gasteiger partial charge on any atom is -0.497 e. The standard InChI is InChI=1S/C21H24N6O2S/c1-14-21-18(26(2)25-14)12-23-27(21)11-9-19(28)22-10-8-20-24-17(13-30-20)15-4-6-16(29-3)7-5-15/h4-7,12-13H,8-11H2,1-3H3,(H,22,28). The van der Waals surface area contributed by atoms with Gasteiger partial charge in [-0.15, -0.1) is 11.3 Å². The molecule has 30 heavy (non-hydrogen) atoms. The van der Waals surface area contributed by atoms with Gasteiger partial charge in [0, 0.05) is 37.4 Å². The van der Waals surface area contributed by atoms with Crippen LogP contribution in [0.2, 0.25) is 0 Å². The molecule has 156 valence electrons. The number of carbonyl (C=O) groups excluding carboxylic acids is 1. The van der Waals surface area contributed by atoms with Crippen molar-refractivity contribution in [1.29, 1.82) is 0 Å². The molecule has 1 amide bonds. The van der Waals surface area contributed by atoms with Gasteiger partial charge in [-0.05, 0) is 31.2 Å². The highest BCUT2D eigenvalue weighted by atomic mass is 32.1. The Labute approximate surface area is 178 Å². The van der Waals surface area contributed by atoms with Crippen molar-refractivity contribution < 1.29 is 9.53 Å². The van der Waals surface area contributed by atoms with Crippen molar-refractivity contribution in [3.63, 3.8) is 0 Å². The molecular weight excluding hydrogens is 400 g/mol. The molecule has 1 N–H and O–H groups in total. The van der Waals surface area contributed by atoms with Crippen LogP contribution in [-0.2, 0) is 24.8 Å². The monoisotopic (exact) mass is 424 g/mol. The molecule has 0 saturated heterocycles. The van der Waals surface area contributed by atoms with Crippen molar-refractivity contribution in [3.05, 3.63) is 46.5 Å². The number of aromatic nitrogens is 5. The Bertz CT molecular complexity index is 1160. The van der Waals surface area contributed by atoms with Crippen LogP contribution in [0.3, 0.4) is 0 Å². The largest absolute Gasteiger partial charge is 0.497 e. The van der Waals surface area contributed by atoms with E-state index in [1.807, 2.05) is 53.0 Å². The molecule has 0 aliphatic carbocycles.